The van der Waals surface area contributed by atoms with Crippen molar-refractivity contribution in [2.75, 3.05) is 106 Å². The lowest BCUT2D eigenvalue weighted by molar-refractivity contribution is -0.527. The molecule has 2 aliphatic carbocycles. The van der Waals surface area contributed by atoms with Gasteiger partial charge in [-0.2, -0.15) is 0 Å². The van der Waals surface area contributed by atoms with Gasteiger partial charge in [0.2, 0.25) is 5.91 Å². The van der Waals surface area contributed by atoms with Gasteiger partial charge in [0, 0.05) is 77.9 Å². The fraction of sp³-hybridized carbons (Fsp3) is 0.814. The molecule has 358 valence electrons. The van der Waals surface area contributed by atoms with Gasteiger partial charge in [-0.05, 0) is 79.7 Å². The number of carbonyl (C=O) groups is 2. The van der Waals surface area contributed by atoms with Crippen LogP contribution in [-0.2, 0) is 54.2 Å². The number of unbranched alkanes of at least 4 members (excludes halogenated alkanes) is 1. The van der Waals surface area contributed by atoms with Crippen LogP contribution in [0.5, 0.6) is 0 Å². The van der Waals surface area contributed by atoms with Gasteiger partial charge in [0.25, 0.3) is 0 Å². The monoisotopic (exact) mass is 897 g/mol. The summed E-state index contributed by atoms with van der Waals surface area (Å²) in [7, 11) is 3.38. The molecule has 5 N–H and O–H groups in total. The fourth-order valence-corrected chi connectivity index (χ4v) is 9.99. The maximum Gasteiger partial charge on any atom is 0.409 e. The minimum Gasteiger partial charge on any atom is -0.449 e. The van der Waals surface area contributed by atoms with Crippen LogP contribution < -0.4 is 5.32 Å². The van der Waals surface area contributed by atoms with Gasteiger partial charge in [0.15, 0.2) is 0 Å². The topological polar surface area (TPSA) is 223 Å². The summed E-state index contributed by atoms with van der Waals surface area (Å²) in [6, 6.07) is 8.66. The number of fused-ring (bicyclic) bond motifs is 2. The van der Waals surface area contributed by atoms with E-state index >= 15 is 0 Å². The molecular weight excluding hydrogens is 826 g/mol. The van der Waals surface area contributed by atoms with Crippen LogP contribution in [0.2, 0.25) is 0 Å². The number of benzene rings is 1. The Morgan fingerprint density at radius 3 is 2.48 bits per heavy atom. The maximum absolute atomic E-state index is 13.9. The van der Waals surface area contributed by atoms with Crippen molar-refractivity contribution in [1.82, 2.24) is 25.9 Å². The van der Waals surface area contributed by atoms with E-state index in [-0.39, 0.29) is 43.5 Å². The minimum atomic E-state index is -0.935. The normalized spacial score (nSPS) is 28.8. The zero-order valence-electron chi connectivity index (χ0n) is 36.9. The summed E-state index contributed by atoms with van der Waals surface area (Å²) in [6.07, 6.45) is 3.75. The Labute approximate surface area is 370 Å². The van der Waals surface area contributed by atoms with Gasteiger partial charge in [-0.3, -0.25) is 30.5 Å². The van der Waals surface area contributed by atoms with Crippen LogP contribution >= 0.6 is 0 Å². The second-order valence-electron chi connectivity index (χ2n) is 17.6. The van der Waals surface area contributed by atoms with E-state index in [0.717, 1.165) is 76.3 Å². The molecule has 0 spiro atoms. The lowest BCUT2D eigenvalue weighted by atomic mass is 9.78. The number of rotatable bonds is 27. The molecule has 2 saturated carbocycles. The summed E-state index contributed by atoms with van der Waals surface area (Å²) >= 11 is 0. The predicted molar refractivity (Wildman–Crippen MR) is 220 cm³/mol. The van der Waals surface area contributed by atoms with Crippen molar-refractivity contribution in [2.45, 2.75) is 88.2 Å². The number of piperidine rings is 1. The quantitative estimate of drug-likeness (QED) is 0.0632. The van der Waals surface area contributed by atoms with E-state index in [1.807, 2.05) is 0 Å². The Kier molecular flexibility index (Phi) is 20.5. The average molecular weight is 898 g/mol. The van der Waals surface area contributed by atoms with Gasteiger partial charge in [-0.1, -0.05) is 24.3 Å². The first-order chi connectivity index (χ1) is 30.6. The number of nitrogens with zero attached hydrogens (tertiary/aromatic N) is 4. The van der Waals surface area contributed by atoms with Crippen LogP contribution in [0.25, 0.3) is 0 Å². The molecule has 6 rings (SSSR count). The molecule has 9 unspecified atom stereocenters. The van der Waals surface area contributed by atoms with Crippen LogP contribution in [0.15, 0.2) is 24.3 Å². The number of hydrogen-bond donors (Lipinski definition) is 5. The van der Waals surface area contributed by atoms with Crippen molar-refractivity contribution in [1.29, 1.82) is 0 Å². The first kappa shape index (κ1) is 49.8. The number of likely N-dealkylation sites (tertiary alicyclic amines) is 1. The number of ether oxygens (including phenoxy) is 7. The van der Waals surface area contributed by atoms with E-state index in [2.05, 4.69) is 39.3 Å². The molecule has 20 heteroatoms. The second-order valence-corrected chi connectivity index (χ2v) is 17.6. The molecule has 0 radical (unpaired) electrons. The average Bonchev–Trinajstić information content (AvgIpc) is 3.66. The van der Waals surface area contributed by atoms with Crippen molar-refractivity contribution in [3.63, 3.8) is 0 Å². The summed E-state index contributed by atoms with van der Waals surface area (Å²) in [5, 5.41) is 38.2. The highest BCUT2D eigenvalue weighted by Crippen LogP contribution is 2.52. The smallest absolute Gasteiger partial charge is 0.409 e. The lowest BCUT2D eigenvalue weighted by Gasteiger charge is -2.47. The summed E-state index contributed by atoms with van der Waals surface area (Å²) in [5.41, 5.74) is 2.09. The van der Waals surface area contributed by atoms with Crippen LogP contribution in [-0.4, -0.2) is 184 Å². The van der Waals surface area contributed by atoms with Gasteiger partial charge in [-0.25, -0.2) is 14.5 Å². The molecule has 1 aromatic rings. The van der Waals surface area contributed by atoms with E-state index in [0.29, 0.717) is 95.0 Å². The van der Waals surface area contributed by atoms with Gasteiger partial charge in [0.1, 0.15) is 12.7 Å². The third-order valence-corrected chi connectivity index (χ3v) is 13.3. The fourth-order valence-electron chi connectivity index (χ4n) is 9.99. The molecule has 3 saturated heterocycles. The van der Waals surface area contributed by atoms with Gasteiger partial charge < -0.3 is 43.4 Å². The van der Waals surface area contributed by atoms with Crippen LogP contribution in [0.1, 0.15) is 68.4 Å². The zero-order chi connectivity index (χ0) is 44.6. The van der Waals surface area contributed by atoms with E-state index in [9.17, 15) is 9.59 Å². The summed E-state index contributed by atoms with van der Waals surface area (Å²) in [5.74, 6) is 1.23. The Balaban J connectivity index is 1.14. The van der Waals surface area contributed by atoms with E-state index in [1.165, 1.54) is 0 Å². The van der Waals surface area contributed by atoms with E-state index < -0.39 is 29.1 Å². The van der Waals surface area contributed by atoms with E-state index in [1.54, 1.807) is 19.1 Å². The van der Waals surface area contributed by atoms with Gasteiger partial charge >= 0.3 is 6.09 Å². The summed E-state index contributed by atoms with van der Waals surface area (Å²) in [6.45, 7) is 7.39. The number of amides is 2. The molecule has 63 heavy (non-hydrogen) atoms. The highest BCUT2D eigenvalue weighted by atomic mass is 17.1. The highest BCUT2D eigenvalue weighted by Gasteiger charge is 2.54. The van der Waals surface area contributed by atoms with Crippen molar-refractivity contribution >= 4 is 12.0 Å². The first-order valence-corrected chi connectivity index (χ1v) is 22.7. The molecule has 0 bridgehead atoms. The number of hydrogen-bond acceptors (Lipinski definition) is 18. The van der Waals surface area contributed by atoms with Crippen molar-refractivity contribution in [3.8, 4) is 0 Å². The number of methoxy groups -OCH3 is 2. The Morgan fingerprint density at radius 1 is 0.937 bits per heavy atom. The summed E-state index contributed by atoms with van der Waals surface area (Å²) < 4.78 is 40.9. The third kappa shape index (κ3) is 15.5. The largest absolute Gasteiger partial charge is 0.449 e. The lowest BCUT2D eigenvalue weighted by Crippen LogP contribution is -2.55. The Bertz CT molecular complexity index is 1490. The third-order valence-electron chi connectivity index (χ3n) is 13.3. The van der Waals surface area contributed by atoms with Crippen molar-refractivity contribution in [2.24, 2.45) is 29.6 Å². The molecule has 0 aromatic heterocycles. The Hall–Kier alpha value is -2.64. The molecular formula is C43H71N5O15. The van der Waals surface area contributed by atoms with Crippen LogP contribution in [0, 0.1) is 29.6 Å². The van der Waals surface area contributed by atoms with Crippen LogP contribution in [0.3, 0.4) is 0 Å². The molecule has 5 aliphatic rings. The maximum atomic E-state index is 13.9. The number of nitrogens with one attached hydrogen (secondary N) is 1. The molecule has 2 amide bonds. The van der Waals surface area contributed by atoms with Crippen LogP contribution in [0.4, 0.5) is 4.79 Å². The molecule has 20 nitrogen and oxygen atoms in total. The Morgan fingerprint density at radius 2 is 1.73 bits per heavy atom. The SMILES string of the molecule is COCCCN1CCOC2CCC(COC3CN(C(=O)OCCCCC(CON(O)O)ON(O)O)CC(CNC(=O)CC4C5COCC54)C3c3ccc(COCCOC)cc3)CC21. The van der Waals surface area contributed by atoms with Gasteiger partial charge in [-0.15, -0.1) is 0 Å². The molecule has 9 atom stereocenters. The van der Waals surface area contributed by atoms with Crippen molar-refractivity contribution < 1.29 is 73.3 Å². The number of morpholine rings is 1. The predicted octanol–water partition coefficient (Wildman–Crippen LogP) is 3.25. The van der Waals surface area contributed by atoms with E-state index in [4.69, 9.17) is 58.8 Å². The minimum absolute atomic E-state index is 0.000672. The molecule has 3 heterocycles. The van der Waals surface area contributed by atoms with Gasteiger partial charge in [0.05, 0.1) is 75.8 Å². The molecule has 1 aromatic carbocycles. The number of carbonyl (C=O) groups excluding carboxylic acids is 2. The highest BCUT2D eigenvalue weighted by molar-refractivity contribution is 5.76. The van der Waals surface area contributed by atoms with Crippen molar-refractivity contribution in [3.05, 3.63) is 35.4 Å². The second kappa shape index (κ2) is 25.9. The molecule has 5 fully saturated rings. The summed E-state index contributed by atoms with van der Waals surface area (Å²) in [4.78, 5) is 40.9. The first-order valence-electron chi connectivity index (χ1n) is 22.7. The standard InChI is InChI=1S/C43H71N5O15/c1-55-15-5-13-45-14-17-59-39-12-9-31(20-38(39)45)26-61-40-24-46(43(50)60-16-4-3-6-34(63-48(53)54)27-62-47(51)52)23-33(22-44-41(49)21-35-36-28-58-29-37(35)36)42(40)32-10-7-30(8-11-32)25-57-19-18-56-2/h7-8,10-11,31,33-40,42,51-54H,3-6,9,12-29H2,1-2H3,(H,44,49). The molecule has 3 aliphatic heterocycles. The zero-order valence-corrected chi connectivity index (χ0v) is 36.9.